The van der Waals surface area contributed by atoms with Crippen molar-refractivity contribution in [2.45, 2.75) is 57.6 Å². The first kappa shape index (κ1) is 18.5. The van der Waals surface area contributed by atoms with Gasteiger partial charge in [-0.2, -0.15) is 0 Å². The van der Waals surface area contributed by atoms with E-state index in [1.54, 1.807) is 0 Å². The van der Waals surface area contributed by atoms with Crippen LogP contribution < -0.4 is 10.1 Å². The van der Waals surface area contributed by atoms with E-state index < -0.39 is 11.7 Å². The molecule has 26 heavy (non-hydrogen) atoms. The van der Waals surface area contributed by atoms with Crippen molar-refractivity contribution in [1.82, 2.24) is 5.32 Å². The Morgan fingerprint density at radius 2 is 1.73 bits per heavy atom. The number of amides is 1. The van der Waals surface area contributed by atoms with Crippen LogP contribution in [0.1, 0.15) is 51.5 Å². The summed E-state index contributed by atoms with van der Waals surface area (Å²) in [7, 11) is 0. The monoisotopic (exact) mass is 353 g/mol. The fraction of sp³-hybridized carbons (Fsp3) is 0.409. The van der Waals surface area contributed by atoms with Gasteiger partial charge in [0.15, 0.2) is 0 Å². The van der Waals surface area contributed by atoms with Gasteiger partial charge in [-0.25, -0.2) is 4.79 Å². The molecule has 0 radical (unpaired) electrons. The van der Waals surface area contributed by atoms with Crippen LogP contribution in [0.3, 0.4) is 0 Å². The first-order chi connectivity index (χ1) is 12.5. The number of para-hydroxylation sites is 1. The van der Waals surface area contributed by atoms with Gasteiger partial charge in [0.05, 0.1) is 5.60 Å². The Bertz CT molecular complexity index is 749. The number of hydrogen-bond acceptors (Lipinski definition) is 3. The molecular formula is C22H27NO3. The third-order valence-corrected chi connectivity index (χ3v) is 4.88. The molecule has 1 aliphatic rings. The molecule has 0 saturated heterocycles. The van der Waals surface area contributed by atoms with Gasteiger partial charge in [-0.1, -0.05) is 67.8 Å². The summed E-state index contributed by atoms with van der Waals surface area (Å²) in [6.07, 6.45) is 3.96. The van der Waals surface area contributed by atoms with Gasteiger partial charge in [0.25, 0.3) is 0 Å². The summed E-state index contributed by atoms with van der Waals surface area (Å²) in [6, 6.07) is 15.6. The van der Waals surface area contributed by atoms with E-state index in [1.165, 1.54) is 0 Å². The van der Waals surface area contributed by atoms with E-state index in [4.69, 9.17) is 4.74 Å². The Morgan fingerprint density at radius 1 is 1.04 bits per heavy atom. The lowest BCUT2D eigenvalue weighted by molar-refractivity contribution is -0.00223. The number of nitrogens with one attached hydrogen (secondary N) is 1. The van der Waals surface area contributed by atoms with E-state index in [-0.39, 0.29) is 6.04 Å². The number of hydrogen-bond donors (Lipinski definition) is 2. The van der Waals surface area contributed by atoms with Crippen LogP contribution in [-0.4, -0.2) is 17.2 Å². The lowest BCUT2D eigenvalue weighted by Gasteiger charge is -2.34. The first-order valence-corrected chi connectivity index (χ1v) is 9.39. The van der Waals surface area contributed by atoms with Gasteiger partial charge in [0, 0.05) is 17.2 Å². The maximum absolute atomic E-state index is 12.3. The van der Waals surface area contributed by atoms with E-state index in [0.717, 1.165) is 30.4 Å². The summed E-state index contributed by atoms with van der Waals surface area (Å²) in [5.74, 6) is 0.459. The molecule has 0 atom stereocenters. The third-order valence-electron chi connectivity index (χ3n) is 4.88. The Labute approximate surface area is 155 Å². The van der Waals surface area contributed by atoms with Crippen LogP contribution in [0.25, 0.3) is 11.1 Å². The molecule has 0 unspecified atom stereocenters. The van der Waals surface area contributed by atoms with Crippen LogP contribution in [0.5, 0.6) is 5.75 Å². The average molecular weight is 353 g/mol. The fourth-order valence-electron chi connectivity index (χ4n) is 3.62. The maximum atomic E-state index is 12.3. The van der Waals surface area contributed by atoms with Gasteiger partial charge in [0.2, 0.25) is 0 Å². The molecule has 0 heterocycles. The van der Waals surface area contributed by atoms with E-state index in [1.807, 2.05) is 62.4 Å². The molecule has 1 aliphatic carbocycles. The van der Waals surface area contributed by atoms with Crippen molar-refractivity contribution in [3.8, 4) is 16.9 Å². The minimum Gasteiger partial charge on any atom is -0.409 e. The molecule has 2 aromatic carbocycles. The SMILES string of the molecule is CC(C)NC(=O)Oc1c(-c2ccccc2)cccc1C1(O)CCCCC1. The molecule has 138 valence electrons. The van der Waals surface area contributed by atoms with Crippen molar-refractivity contribution in [1.29, 1.82) is 0 Å². The predicted molar refractivity (Wildman–Crippen MR) is 103 cm³/mol. The summed E-state index contributed by atoms with van der Waals surface area (Å²) >= 11 is 0. The number of carbonyl (C=O) groups is 1. The highest BCUT2D eigenvalue weighted by Gasteiger charge is 2.35. The Balaban J connectivity index is 2.07. The quantitative estimate of drug-likeness (QED) is 0.813. The van der Waals surface area contributed by atoms with Crippen LogP contribution in [-0.2, 0) is 5.60 Å². The largest absolute Gasteiger partial charge is 0.412 e. The van der Waals surface area contributed by atoms with Crippen molar-refractivity contribution in [3.63, 3.8) is 0 Å². The first-order valence-electron chi connectivity index (χ1n) is 9.39. The molecule has 2 aromatic rings. The smallest absolute Gasteiger partial charge is 0.409 e. The highest BCUT2D eigenvalue weighted by atomic mass is 16.6. The minimum absolute atomic E-state index is 0.0207. The van der Waals surface area contributed by atoms with Crippen molar-refractivity contribution in [2.75, 3.05) is 0 Å². The molecule has 1 amide bonds. The molecule has 3 rings (SSSR count). The van der Waals surface area contributed by atoms with Crippen molar-refractivity contribution in [3.05, 3.63) is 54.1 Å². The van der Waals surface area contributed by atoms with Crippen LogP contribution >= 0.6 is 0 Å². The lowest BCUT2D eigenvalue weighted by atomic mass is 9.78. The van der Waals surface area contributed by atoms with Crippen LogP contribution in [0.4, 0.5) is 4.79 Å². The van der Waals surface area contributed by atoms with Gasteiger partial charge in [0.1, 0.15) is 5.75 Å². The predicted octanol–water partition coefficient (Wildman–Crippen LogP) is 5.00. The van der Waals surface area contributed by atoms with Gasteiger partial charge >= 0.3 is 6.09 Å². The van der Waals surface area contributed by atoms with Crippen LogP contribution in [0.15, 0.2) is 48.5 Å². The topological polar surface area (TPSA) is 58.6 Å². The number of aliphatic hydroxyl groups is 1. The zero-order valence-electron chi connectivity index (χ0n) is 15.5. The van der Waals surface area contributed by atoms with E-state index in [0.29, 0.717) is 24.2 Å². The number of rotatable bonds is 4. The van der Waals surface area contributed by atoms with Gasteiger partial charge in [-0.3, -0.25) is 0 Å². The van der Waals surface area contributed by atoms with Crippen molar-refractivity contribution < 1.29 is 14.6 Å². The standard InChI is InChI=1S/C22H27NO3/c1-16(2)23-21(24)26-20-18(17-10-5-3-6-11-17)12-9-13-19(20)22(25)14-7-4-8-15-22/h3,5-6,9-13,16,25H,4,7-8,14-15H2,1-2H3,(H,23,24). The van der Waals surface area contributed by atoms with Crippen LogP contribution in [0, 0.1) is 0 Å². The lowest BCUT2D eigenvalue weighted by Crippen LogP contribution is -2.34. The van der Waals surface area contributed by atoms with E-state index in [9.17, 15) is 9.90 Å². The van der Waals surface area contributed by atoms with Crippen molar-refractivity contribution in [2.24, 2.45) is 0 Å². The fourth-order valence-corrected chi connectivity index (χ4v) is 3.62. The van der Waals surface area contributed by atoms with E-state index >= 15 is 0 Å². The molecule has 0 spiro atoms. The molecule has 4 heteroatoms. The maximum Gasteiger partial charge on any atom is 0.412 e. The van der Waals surface area contributed by atoms with Crippen molar-refractivity contribution >= 4 is 6.09 Å². The van der Waals surface area contributed by atoms with Gasteiger partial charge in [-0.05, 0) is 32.3 Å². The second kappa shape index (κ2) is 7.92. The van der Waals surface area contributed by atoms with Gasteiger partial charge < -0.3 is 15.2 Å². The summed E-state index contributed by atoms with van der Waals surface area (Å²) in [4.78, 5) is 12.3. The molecule has 2 N–H and O–H groups in total. The second-order valence-corrected chi connectivity index (χ2v) is 7.33. The molecule has 0 aliphatic heterocycles. The molecule has 1 fully saturated rings. The van der Waals surface area contributed by atoms with Gasteiger partial charge in [-0.15, -0.1) is 0 Å². The highest BCUT2D eigenvalue weighted by molar-refractivity contribution is 5.79. The Kier molecular flexibility index (Phi) is 5.62. The van der Waals surface area contributed by atoms with Crippen LogP contribution in [0.2, 0.25) is 0 Å². The molecule has 0 aromatic heterocycles. The molecule has 4 nitrogen and oxygen atoms in total. The zero-order valence-corrected chi connectivity index (χ0v) is 15.5. The molecule has 1 saturated carbocycles. The highest BCUT2D eigenvalue weighted by Crippen LogP contribution is 2.44. The zero-order chi connectivity index (χ0) is 18.6. The average Bonchev–Trinajstić information content (AvgIpc) is 2.62. The summed E-state index contributed by atoms with van der Waals surface area (Å²) in [5.41, 5.74) is 1.54. The van der Waals surface area contributed by atoms with E-state index in [2.05, 4.69) is 5.32 Å². The second-order valence-electron chi connectivity index (χ2n) is 7.33. The normalized spacial score (nSPS) is 16.3. The molecule has 0 bridgehead atoms. The minimum atomic E-state index is -0.948. The Hall–Kier alpha value is -2.33. The molecular weight excluding hydrogens is 326 g/mol. The number of benzene rings is 2. The summed E-state index contributed by atoms with van der Waals surface area (Å²) in [5, 5.41) is 14.0. The summed E-state index contributed by atoms with van der Waals surface area (Å²) < 4.78 is 5.75. The Morgan fingerprint density at radius 3 is 2.38 bits per heavy atom. The number of ether oxygens (including phenoxy) is 1. The third kappa shape index (κ3) is 4.07. The summed E-state index contributed by atoms with van der Waals surface area (Å²) in [6.45, 7) is 3.78. The number of carbonyl (C=O) groups excluding carboxylic acids is 1.